The van der Waals surface area contributed by atoms with Crippen LogP contribution in [0, 0.1) is 18.3 Å². The van der Waals surface area contributed by atoms with E-state index in [0.717, 1.165) is 15.8 Å². The van der Waals surface area contributed by atoms with Gasteiger partial charge in [0.1, 0.15) is 21.9 Å². The molecule has 4 rings (SSSR count). The Hall–Kier alpha value is -3.01. The third-order valence-electron chi connectivity index (χ3n) is 3.97. The zero-order valence-corrected chi connectivity index (χ0v) is 15.2. The largest absolute Gasteiger partial charge is 0.268 e. The number of halogens is 1. The second-order valence-electron chi connectivity index (χ2n) is 5.66. The van der Waals surface area contributed by atoms with E-state index in [4.69, 9.17) is 11.6 Å². The molecule has 0 spiro atoms. The molecule has 3 aromatic heterocycles. The van der Waals surface area contributed by atoms with Crippen LogP contribution < -0.4 is 5.56 Å². The molecule has 3 heterocycles. The molecule has 1 aromatic carbocycles. The van der Waals surface area contributed by atoms with E-state index in [1.165, 1.54) is 21.8 Å². The lowest BCUT2D eigenvalue weighted by atomic mass is 10.2. The number of allylic oxidation sites excluding steroid dienone is 1. The maximum Gasteiger partial charge on any atom is 0.266 e. The van der Waals surface area contributed by atoms with E-state index >= 15 is 0 Å². The Morgan fingerprint density at radius 3 is 2.85 bits per heavy atom. The minimum atomic E-state index is -0.322. The van der Waals surface area contributed by atoms with Crippen LogP contribution >= 0.6 is 22.9 Å². The normalized spacial score (nSPS) is 11.8. The van der Waals surface area contributed by atoms with E-state index in [2.05, 4.69) is 16.0 Å². The molecule has 0 amide bonds. The Kier molecular flexibility index (Phi) is 4.03. The predicted octanol–water partition coefficient (Wildman–Crippen LogP) is 4.33. The first kappa shape index (κ1) is 16.5. The van der Waals surface area contributed by atoms with E-state index in [9.17, 15) is 10.1 Å². The Morgan fingerprint density at radius 1 is 1.27 bits per heavy atom. The maximum absolute atomic E-state index is 12.8. The number of nitriles is 1. The highest BCUT2D eigenvalue weighted by atomic mass is 35.5. The fourth-order valence-corrected chi connectivity index (χ4v) is 3.83. The van der Waals surface area contributed by atoms with E-state index < -0.39 is 0 Å². The Bertz CT molecular complexity index is 1260. The number of hydrogen-bond donors (Lipinski definition) is 0. The first-order valence-electron chi connectivity index (χ1n) is 7.73. The number of pyridine rings is 1. The summed E-state index contributed by atoms with van der Waals surface area (Å²) in [7, 11) is 0. The summed E-state index contributed by atoms with van der Waals surface area (Å²) >= 11 is 7.65. The van der Waals surface area contributed by atoms with Gasteiger partial charge in [-0.1, -0.05) is 29.8 Å². The topological polar surface area (TPSA) is 71.0 Å². The van der Waals surface area contributed by atoms with Gasteiger partial charge in [0.25, 0.3) is 5.56 Å². The number of aryl methyl sites for hydroxylation is 1. The van der Waals surface area contributed by atoms with Crippen LogP contribution in [-0.4, -0.2) is 14.4 Å². The summed E-state index contributed by atoms with van der Waals surface area (Å²) < 4.78 is 2.40. The standard InChI is InChI=1S/C19H11ClN4OS/c1-11-5-4-8-24-17(11)23-16(20)13(19(24)25)9-12(10-21)18-22-14-6-2-3-7-15(14)26-18/h2-9H,1H3/b12-9-. The highest BCUT2D eigenvalue weighted by Crippen LogP contribution is 2.28. The van der Waals surface area contributed by atoms with Crippen molar-refractivity contribution in [1.29, 1.82) is 5.26 Å². The molecule has 4 aromatic rings. The van der Waals surface area contributed by atoms with Gasteiger partial charge < -0.3 is 0 Å². The Morgan fingerprint density at radius 2 is 2.08 bits per heavy atom. The molecule has 126 valence electrons. The van der Waals surface area contributed by atoms with Gasteiger partial charge in [0.2, 0.25) is 0 Å². The van der Waals surface area contributed by atoms with Crippen molar-refractivity contribution in [3.05, 3.63) is 74.2 Å². The van der Waals surface area contributed by atoms with Crippen molar-refractivity contribution in [2.45, 2.75) is 6.92 Å². The van der Waals surface area contributed by atoms with Crippen LogP contribution in [0.5, 0.6) is 0 Å². The molecule has 0 saturated carbocycles. The summed E-state index contributed by atoms with van der Waals surface area (Å²) in [4.78, 5) is 21.6. The van der Waals surface area contributed by atoms with Crippen molar-refractivity contribution < 1.29 is 0 Å². The molecule has 0 bridgehead atoms. The van der Waals surface area contributed by atoms with Gasteiger partial charge in [-0.05, 0) is 36.8 Å². The first-order chi connectivity index (χ1) is 12.6. The van der Waals surface area contributed by atoms with Crippen LogP contribution in [0.15, 0.2) is 47.4 Å². The molecule has 26 heavy (non-hydrogen) atoms. The third-order valence-corrected chi connectivity index (χ3v) is 5.33. The van der Waals surface area contributed by atoms with Crippen molar-refractivity contribution in [3.63, 3.8) is 0 Å². The summed E-state index contributed by atoms with van der Waals surface area (Å²) in [6.45, 7) is 1.86. The van der Waals surface area contributed by atoms with E-state index in [1.54, 1.807) is 12.3 Å². The highest BCUT2D eigenvalue weighted by Gasteiger charge is 2.14. The monoisotopic (exact) mass is 378 g/mol. The van der Waals surface area contributed by atoms with Gasteiger partial charge in [-0.2, -0.15) is 5.26 Å². The van der Waals surface area contributed by atoms with Crippen LogP contribution in [0.25, 0.3) is 27.5 Å². The average Bonchev–Trinajstić information content (AvgIpc) is 3.07. The molecule has 0 aliphatic carbocycles. The van der Waals surface area contributed by atoms with E-state index in [1.807, 2.05) is 37.3 Å². The van der Waals surface area contributed by atoms with Crippen molar-refractivity contribution in [2.24, 2.45) is 0 Å². The minimum Gasteiger partial charge on any atom is -0.268 e. The van der Waals surface area contributed by atoms with Gasteiger partial charge in [-0.15, -0.1) is 11.3 Å². The van der Waals surface area contributed by atoms with Gasteiger partial charge in [-0.3, -0.25) is 9.20 Å². The zero-order valence-electron chi connectivity index (χ0n) is 13.6. The number of para-hydroxylation sites is 1. The van der Waals surface area contributed by atoms with Crippen molar-refractivity contribution in [3.8, 4) is 6.07 Å². The number of thiazole rings is 1. The lowest BCUT2D eigenvalue weighted by Crippen LogP contribution is -2.18. The number of rotatable bonds is 2. The molecule has 0 fully saturated rings. The van der Waals surface area contributed by atoms with Crippen LogP contribution in [0.2, 0.25) is 5.15 Å². The summed E-state index contributed by atoms with van der Waals surface area (Å²) in [6, 6.07) is 13.4. The molecule has 0 unspecified atom stereocenters. The minimum absolute atomic E-state index is 0.0677. The molecule has 0 saturated heterocycles. The summed E-state index contributed by atoms with van der Waals surface area (Å²) in [5.41, 5.74) is 2.28. The second-order valence-corrected chi connectivity index (χ2v) is 7.05. The van der Waals surface area contributed by atoms with Crippen LogP contribution in [0.1, 0.15) is 16.1 Å². The fraction of sp³-hybridized carbons (Fsp3) is 0.0526. The van der Waals surface area contributed by atoms with Gasteiger partial charge in [0.05, 0.1) is 21.4 Å². The SMILES string of the molecule is Cc1cccn2c(=O)c(/C=C(/C#N)c3nc4ccccc4s3)c(Cl)nc12. The van der Waals surface area contributed by atoms with Crippen molar-refractivity contribution >= 4 is 50.5 Å². The number of aromatic nitrogens is 3. The molecular formula is C19H11ClN4OS. The molecule has 0 radical (unpaired) electrons. The lowest BCUT2D eigenvalue weighted by Gasteiger charge is -2.06. The predicted molar refractivity (Wildman–Crippen MR) is 104 cm³/mol. The third kappa shape index (κ3) is 2.68. The number of nitrogens with zero attached hydrogens (tertiary/aromatic N) is 4. The van der Waals surface area contributed by atoms with E-state index in [-0.39, 0.29) is 21.8 Å². The van der Waals surface area contributed by atoms with Gasteiger partial charge in [-0.25, -0.2) is 9.97 Å². The Labute approximate surface area is 157 Å². The van der Waals surface area contributed by atoms with Crippen molar-refractivity contribution in [1.82, 2.24) is 14.4 Å². The second kappa shape index (κ2) is 6.37. The van der Waals surface area contributed by atoms with E-state index in [0.29, 0.717) is 10.7 Å². The maximum atomic E-state index is 12.8. The summed E-state index contributed by atoms with van der Waals surface area (Å²) in [6.07, 6.45) is 3.10. The lowest BCUT2D eigenvalue weighted by molar-refractivity contribution is 1.03. The molecular weight excluding hydrogens is 368 g/mol. The summed E-state index contributed by atoms with van der Waals surface area (Å²) in [5.74, 6) is 0. The molecule has 0 aliphatic rings. The number of fused-ring (bicyclic) bond motifs is 2. The fourth-order valence-electron chi connectivity index (χ4n) is 2.68. The molecule has 0 aliphatic heterocycles. The van der Waals surface area contributed by atoms with Gasteiger partial charge >= 0.3 is 0 Å². The smallest absolute Gasteiger partial charge is 0.266 e. The average molecular weight is 379 g/mol. The molecule has 7 heteroatoms. The highest BCUT2D eigenvalue weighted by molar-refractivity contribution is 7.19. The molecule has 5 nitrogen and oxygen atoms in total. The van der Waals surface area contributed by atoms with Crippen molar-refractivity contribution in [2.75, 3.05) is 0 Å². The van der Waals surface area contributed by atoms with Crippen LogP contribution in [-0.2, 0) is 0 Å². The number of benzene rings is 1. The zero-order chi connectivity index (χ0) is 18.3. The first-order valence-corrected chi connectivity index (χ1v) is 8.93. The molecule has 0 N–H and O–H groups in total. The Balaban J connectivity index is 1.94. The summed E-state index contributed by atoms with van der Waals surface area (Å²) in [5, 5.41) is 10.2. The van der Waals surface area contributed by atoms with Crippen LogP contribution in [0.4, 0.5) is 0 Å². The van der Waals surface area contributed by atoms with Gasteiger partial charge in [0.15, 0.2) is 0 Å². The van der Waals surface area contributed by atoms with Crippen LogP contribution in [0.3, 0.4) is 0 Å². The quantitative estimate of drug-likeness (QED) is 0.384. The molecule has 0 atom stereocenters. The van der Waals surface area contributed by atoms with Gasteiger partial charge in [0, 0.05) is 6.20 Å². The number of hydrogen-bond acceptors (Lipinski definition) is 5.